The summed E-state index contributed by atoms with van der Waals surface area (Å²) in [5.41, 5.74) is 13.7. The smallest absolute Gasteiger partial charge is 0.0701 e. The predicted molar refractivity (Wildman–Crippen MR) is 129 cm³/mol. The Morgan fingerprint density at radius 1 is 0.444 bits per heavy atom. The molecule has 0 aliphatic carbocycles. The Morgan fingerprint density at radius 3 is 1.33 bits per heavy atom. The third kappa shape index (κ3) is 2.68. The molecule has 0 unspecified atom stereocenters. The van der Waals surface area contributed by atoms with Crippen molar-refractivity contribution in [1.29, 1.82) is 0 Å². The van der Waals surface area contributed by atoms with Crippen LogP contribution in [-0.2, 0) is 0 Å². The van der Waals surface area contributed by atoms with E-state index in [-0.39, 0.29) is 0 Å². The Balaban J connectivity index is 3.22. The minimum Gasteiger partial charge on any atom is -0.396 e. The van der Waals surface area contributed by atoms with Gasteiger partial charge in [0, 0.05) is 28.6 Å². The van der Waals surface area contributed by atoms with Crippen LogP contribution in [-0.4, -0.2) is 0 Å². The first-order chi connectivity index (χ1) is 8.29. The number of halogens is 6. The van der Waals surface area contributed by atoms with Crippen LogP contribution in [0.4, 0.5) is 11.4 Å². The Morgan fingerprint density at radius 2 is 0.833 bits per heavy atom. The summed E-state index contributed by atoms with van der Waals surface area (Å²) in [4.78, 5) is 0. The summed E-state index contributed by atoms with van der Waals surface area (Å²) in [5, 5.41) is 2.31. The van der Waals surface area contributed by atoms with E-state index in [1.165, 1.54) is 23.2 Å². The minimum atomic E-state index is 0.693. The number of benzene rings is 2. The highest BCUT2D eigenvalue weighted by Gasteiger charge is 2.21. The van der Waals surface area contributed by atoms with Gasteiger partial charge in [0.05, 0.1) is 14.9 Å². The van der Waals surface area contributed by atoms with Gasteiger partial charge in [-0.05, 0) is 136 Å². The highest BCUT2D eigenvalue weighted by atomic mass is 127. The molecule has 2 rings (SSSR count). The van der Waals surface area contributed by atoms with Crippen molar-refractivity contribution in [2.45, 2.75) is 0 Å². The van der Waals surface area contributed by atoms with E-state index in [9.17, 15) is 0 Å². The number of nitrogens with two attached hydrogens (primary N) is 2. The van der Waals surface area contributed by atoms with Gasteiger partial charge in [0.25, 0.3) is 0 Å². The van der Waals surface area contributed by atoms with Crippen LogP contribution in [0.25, 0.3) is 10.8 Å². The van der Waals surface area contributed by atoms with Crippen LogP contribution in [0.2, 0.25) is 0 Å². The zero-order valence-electron chi connectivity index (χ0n) is 8.42. The molecule has 0 atom stereocenters. The van der Waals surface area contributed by atoms with Gasteiger partial charge in [0.2, 0.25) is 0 Å². The third-order valence-electron chi connectivity index (χ3n) is 2.48. The van der Waals surface area contributed by atoms with Gasteiger partial charge in [0.15, 0.2) is 0 Å². The standard InChI is InChI=1S/C10H4I6N2/c11-3-1-2(5(13)7(15)6(3)14)9(17)10(18)8(16)4(1)12/h17-18H2. The average Bonchev–Trinajstić information content (AvgIpc) is 2.35. The third-order valence-corrected chi connectivity index (χ3v) is 13.1. The first kappa shape index (κ1) is 17.0. The molecule has 0 saturated carbocycles. The number of hydrogen-bond acceptors (Lipinski definition) is 2. The van der Waals surface area contributed by atoms with E-state index < -0.39 is 0 Å². The monoisotopic (exact) mass is 913 g/mol. The molecule has 0 heterocycles. The summed E-state index contributed by atoms with van der Waals surface area (Å²) in [6.07, 6.45) is 0. The number of fused-ring (bicyclic) bond motifs is 1. The summed E-state index contributed by atoms with van der Waals surface area (Å²) < 4.78 is 7.20. The van der Waals surface area contributed by atoms with E-state index in [4.69, 9.17) is 11.5 Å². The normalized spacial score (nSPS) is 11.2. The van der Waals surface area contributed by atoms with Gasteiger partial charge in [0.1, 0.15) is 0 Å². The molecular formula is C10H4I6N2. The lowest BCUT2D eigenvalue weighted by Crippen LogP contribution is -2.05. The molecular weight excluding hydrogens is 910 g/mol. The minimum absolute atomic E-state index is 0.693. The maximum atomic E-state index is 6.23. The van der Waals surface area contributed by atoms with Gasteiger partial charge in [-0.2, -0.15) is 0 Å². The van der Waals surface area contributed by atoms with E-state index in [1.54, 1.807) is 0 Å². The Labute approximate surface area is 186 Å². The number of anilines is 2. The van der Waals surface area contributed by atoms with Crippen LogP contribution >= 0.6 is 136 Å². The maximum absolute atomic E-state index is 6.23. The van der Waals surface area contributed by atoms with Crippen LogP contribution in [0, 0.1) is 21.4 Å². The van der Waals surface area contributed by atoms with Gasteiger partial charge < -0.3 is 11.5 Å². The molecule has 0 aliphatic rings. The number of rotatable bonds is 0. The molecule has 2 aromatic carbocycles. The van der Waals surface area contributed by atoms with E-state index in [0.717, 1.165) is 8.96 Å². The van der Waals surface area contributed by atoms with Crippen molar-refractivity contribution in [3.8, 4) is 0 Å². The van der Waals surface area contributed by atoms with Crippen molar-refractivity contribution in [3.63, 3.8) is 0 Å². The average molecular weight is 914 g/mol. The Bertz CT molecular complexity index is 569. The second kappa shape index (κ2) is 6.43. The molecule has 2 nitrogen and oxygen atoms in total. The fourth-order valence-corrected chi connectivity index (χ4v) is 7.23. The molecule has 0 spiro atoms. The van der Waals surface area contributed by atoms with Crippen molar-refractivity contribution in [1.82, 2.24) is 0 Å². The number of nitrogen functional groups attached to an aromatic ring is 2. The molecule has 18 heavy (non-hydrogen) atoms. The zero-order valence-corrected chi connectivity index (χ0v) is 21.4. The lowest BCUT2D eigenvalue weighted by atomic mass is 10.1. The van der Waals surface area contributed by atoms with E-state index >= 15 is 0 Å². The van der Waals surface area contributed by atoms with E-state index in [2.05, 4.69) is 136 Å². The topological polar surface area (TPSA) is 52.0 Å². The highest BCUT2D eigenvalue weighted by molar-refractivity contribution is 14.1. The molecule has 0 aliphatic heterocycles. The molecule has 0 bridgehead atoms. The van der Waals surface area contributed by atoms with Crippen LogP contribution in [0.15, 0.2) is 0 Å². The Kier molecular flexibility index (Phi) is 6.09. The van der Waals surface area contributed by atoms with Crippen LogP contribution in [0.1, 0.15) is 0 Å². The molecule has 8 heteroatoms. The summed E-state index contributed by atoms with van der Waals surface area (Å²) in [6.45, 7) is 0. The summed E-state index contributed by atoms with van der Waals surface area (Å²) in [7, 11) is 0. The van der Waals surface area contributed by atoms with E-state index in [0.29, 0.717) is 11.4 Å². The fourth-order valence-electron chi connectivity index (χ4n) is 1.57. The van der Waals surface area contributed by atoms with Crippen LogP contribution < -0.4 is 11.5 Å². The second-order valence-corrected chi connectivity index (χ2v) is 9.93. The van der Waals surface area contributed by atoms with Crippen molar-refractivity contribution < 1.29 is 0 Å². The lowest BCUT2D eigenvalue weighted by Gasteiger charge is -2.16. The zero-order chi connectivity index (χ0) is 13.8. The summed E-state index contributed by atoms with van der Waals surface area (Å²) in [6, 6.07) is 0. The second-order valence-electron chi connectivity index (χ2n) is 3.46. The lowest BCUT2D eigenvalue weighted by molar-refractivity contribution is 1.51. The van der Waals surface area contributed by atoms with Crippen molar-refractivity contribution in [2.75, 3.05) is 11.5 Å². The van der Waals surface area contributed by atoms with Crippen molar-refractivity contribution in [2.24, 2.45) is 0 Å². The summed E-state index contributed by atoms with van der Waals surface area (Å²) in [5.74, 6) is 0. The largest absolute Gasteiger partial charge is 0.396 e. The van der Waals surface area contributed by atoms with Gasteiger partial charge in [-0.15, -0.1) is 0 Å². The van der Waals surface area contributed by atoms with Gasteiger partial charge >= 0.3 is 0 Å². The predicted octanol–water partition coefficient (Wildman–Crippen LogP) is 5.63. The van der Waals surface area contributed by atoms with Crippen molar-refractivity contribution >= 4 is 158 Å². The Hall–Kier alpha value is 2.68. The molecule has 0 amide bonds. The van der Waals surface area contributed by atoms with Crippen molar-refractivity contribution in [3.05, 3.63) is 21.4 Å². The first-order valence-corrected chi connectivity index (χ1v) is 10.9. The molecule has 0 saturated heterocycles. The SMILES string of the molecule is Nc1c(I)c(I)c2c(I)c(I)c(I)c(I)c2c1N. The van der Waals surface area contributed by atoms with E-state index in [1.807, 2.05) is 0 Å². The van der Waals surface area contributed by atoms with Crippen LogP contribution in [0.5, 0.6) is 0 Å². The summed E-state index contributed by atoms with van der Waals surface area (Å²) >= 11 is 14.1. The molecule has 2 aromatic rings. The van der Waals surface area contributed by atoms with Gasteiger partial charge in [-0.25, -0.2) is 0 Å². The van der Waals surface area contributed by atoms with Gasteiger partial charge in [-0.1, -0.05) is 0 Å². The molecule has 4 N–H and O–H groups in total. The molecule has 96 valence electrons. The highest BCUT2D eigenvalue weighted by Crippen LogP contribution is 2.43. The first-order valence-electron chi connectivity index (χ1n) is 4.46. The van der Waals surface area contributed by atoms with Gasteiger partial charge in [-0.3, -0.25) is 0 Å². The fraction of sp³-hybridized carbons (Fsp3) is 0. The molecule has 0 aromatic heterocycles. The molecule has 0 radical (unpaired) electrons. The van der Waals surface area contributed by atoms with Crippen LogP contribution in [0.3, 0.4) is 0 Å². The molecule has 0 fully saturated rings. The quantitative estimate of drug-likeness (QED) is 0.156. The number of hydrogen-bond donors (Lipinski definition) is 2. The maximum Gasteiger partial charge on any atom is 0.0701 e.